The van der Waals surface area contributed by atoms with Crippen LogP contribution in [0.1, 0.15) is 24.0 Å². The molecular formula is C26H29NO5. The standard InChI is InChI=1S/C26H29NO5/c1-27-22-8-9-23(27)21(15-17-13-19(30-3)7-11-25(17)32-5)26(28)20(22)14-16-12-18(29-2)6-10-24(16)31-4/h6-7,10-15,22-23H,8-9H2,1-5H3/b20-14-,21-15+/t22-,23-/m1/s1. The number of hydrogen-bond donors (Lipinski definition) is 0. The van der Waals surface area contributed by atoms with Gasteiger partial charge in [0, 0.05) is 34.4 Å². The van der Waals surface area contributed by atoms with Gasteiger partial charge in [0.1, 0.15) is 23.0 Å². The Bertz CT molecular complexity index is 1000. The number of ketones is 1. The molecule has 2 fully saturated rings. The summed E-state index contributed by atoms with van der Waals surface area (Å²) in [6, 6.07) is 11.4. The second kappa shape index (κ2) is 9.09. The summed E-state index contributed by atoms with van der Waals surface area (Å²) in [5.41, 5.74) is 3.18. The van der Waals surface area contributed by atoms with Crippen LogP contribution in [-0.4, -0.2) is 58.3 Å². The molecule has 0 saturated carbocycles. The zero-order valence-electron chi connectivity index (χ0n) is 19.2. The lowest BCUT2D eigenvalue weighted by Gasteiger charge is -2.34. The van der Waals surface area contributed by atoms with Gasteiger partial charge in [-0.05, 0) is 68.4 Å². The van der Waals surface area contributed by atoms with Gasteiger partial charge in [0.2, 0.25) is 0 Å². The van der Waals surface area contributed by atoms with E-state index in [4.69, 9.17) is 18.9 Å². The predicted octanol–water partition coefficient (Wildman–Crippen LogP) is 4.23. The largest absolute Gasteiger partial charge is 0.497 e. The highest BCUT2D eigenvalue weighted by molar-refractivity contribution is 6.16. The zero-order chi connectivity index (χ0) is 22.8. The SMILES string of the molecule is COc1ccc(OC)c(/C=C2\C(=O)/C(=C/c3cc(OC)ccc3OC)[C@H]3CC[C@H]2N3C)c1. The van der Waals surface area contributed by atoms with Crippen LogP contribution in [-0.2, 0) is 4.79 Å². The Labute approximate surface area is 189 Å². The molecule has 0 amide bonds. The molecule has 32 heavy (non-hydrogen) atoms. The maximum absolute atomic E-state index is 13.7. The number of likely N-dealkylation sites (N-methyl/N-ethyl adjacent to an activating group) is 1. The smallest absolute Gasteiger partial charge is 0.188 e. The average Bonchev–Trinajstić information content (AvgIpc) is 3.13. The summed E-state index contributed by atoms with van der Waals surface area (Å²) in [4.78, 5) is 16.0. The van der Waals surface area contributed by atoms with Crippen molar-refractivity contribution in [1.29, 1.82) is 0 Å². The number of benzene rings is 2. The molecule has 6 heteroatoms. The normalized spacial score (nSPS) is 23.0. The number of nitrogens with zero attached hydrogens (tertiary/aromatic N) is 1. The van der Waals surface area contributed by atoms with E-state index in [9.17, 15) is 4.79 Å². The molecule has 168 valence electrons. The van der Waals surface area contributed by atoms with E-state index in [2.05, 4.69) is 11.9 Å². The fraction of sp³-hybridized carbons (Fsp3) is 0.346. The van der Waals surface area contributed by atoms with E-state index >= 15 is 0 Å². The Morgan fingerprint density at radius 3 is 1.56 bits per heavy atom. The quantitative estimate of drug-likeness (QED) is 0.633. The molecule has 0 radical (unpaired) electrons. The third-order valence-corrected chi connectivity index (χ3v) is 6.43. The van der Waals surface area contributed by atoms with Crippen LogP contribution in [0.15, 0.2) is 47.5 Å². The van der Waals surface area contributed by atoms with Crippen molar-refractivity contribution in [3.8, 4) is 23.0 Å². The molecule has 4 rings (SSSR count). The predicted molar refractivity (Wildman–Crippen MR) is 125 cm³/mol. The van der Waals surface area contributed by atoms with Crippen molar-refractivity contribution in [2.45, 2.75) is 24.9 Å². The van der Waals surface area contributed by atoms with E-state index in [1.165, 1.54) is 0 Å². The first-order valence-corrected chi connectivity index (χ1v) is 10.6. The molecule has 0 spiro atoms. The van der Waals surface area contributed by atoms with Gasteiger partial charge in [0.05, 0.1) is 28.4 Å². The van der Waals surface area contributed by atoms with Crippen LogP contribution in [0.3, 0.4) is 0 Å². The molecule has 2 heterocycles. The Hall–Kier alpha value is -3.25. The molecule has 2 aromatic carbocycles. The van der Waals surface area contributed by atoms with Gasteiger partial charge in [0.15, 0.2) is 5.78 Å². The third-order valence-electron chi connectivity index (χ3n) is 6.43. The van der Waals surface area contributed by atoms with Gasteiger partial charge in [-0.25, -0.2) is 0 Å². The van der Waals surface area contributed by atoms with Gasteiger partial charge in [-0.2, -0.15) is 0 Å². The summed E-state index contributed by atoms with van der Waals surface area (Å²) in [5.74, 6) is 2.90. The number of fused-ring (bicyclic) bond motifs is 2. The first-order chi connectivity index (χ1) is 15.5. The van der Waals surface area contributed by atoms with Gasteiger partial charge in [-0.15, -0.1) is 0 Å². The first-order valence-electron chi connectivity index (χ1n) is 10.6. The molecule has 0 aliphatic carbocycles. The topological polar surface area (TPSA) is 57.2 Å². The highest BCUT2D eigenvalue weighted by Crippen LogP contribution is 2.42. The van der Waals surface area contributed by atoms with E-state index in [1.54, 1.807) is 28.4 Å². The van der Waals surface area contributed by atoms with Crippen molar-refractivity contribution in [3.63, 3.8) is 0 Å². The summed E-state index contributed by atoms with van der Waals surface area (Å²) in [7, 11) is 8.60. The highest BCUT2D eigenvalue weighted by Gasteiger charge is 2.44. The van der Waals surface area contributed by atoms with Crippen LogP contribution in [0, 0.1) is 0 Å². The van der Waals surface area contributed by atoms with Crippen molar-refractivity contribution in [3.05, 3.63) is 58.7 Å². The highest BCUT2D eigenvalue weighted by atomic mass is 16.5. The van der Waals surface area contributed by atoms with Gasteiger partial charge in [-0.1, -0.05) is 0 Å². The lowest BCUT2D eigenvalue weighted by Crippen LogP contribution is -2.43. The Balaban J connectivity index is 1.82. The van der Waals surface area contributed by atoms with Crippen LogP contribution in [0.5, 0.6) is 23.0 Å². The van der Waals surface area contributed by atoms with Gasteiger partial charge >= 0.3 is 0 Å². The third kappa shape index (κ3) is 3.86. The molecule has 6 nitrogen and oxygen atoms in total. The lowest BCUT2D eigenvalue weighted by molar-refractivity contribution is -0.114. The van der Waals surface area contributed by atoms with Crippen molar-refractivity contribution in [1.82, 2.24) is 4.90 Å². The number of carbonyl (C=O) groups excluding carboxylic acids is 1. The van der Waals surface area contributed by atoms with E-state index in [0.29, 0.717) is 11.5 Å². The maximum Gasteiger partial charge on any atom is 0.188 e. The van der Waals surface area contributed by atoms with Crippen LogP contribution in [0.4, 0.5) is 0 Å². The average molecular weight is 436 g/mol. The second-order valence-electron chi connectivity index (χ2n) is 8.02. The van der Waals surface area contributed by atoms with E-state index in [0.717, 1.165) is 46.6 Å². The summed E-state index contributed by atoms with van der Waals surface area (Å²) in [6.07, 6.45) is 5.75. The summed E-state index contributed by atoms with van der Waals surface area (Å²) in [6.45, 7) is 0. The molecule has 2 aliphatic rings. The summed E-state index contributed by atoms with van der Waals surface area (Å²) >= 11 is 0. The number of methoxy groups -OCH3 is 4. The molecular weight excluding hydrogens is 406 g/mol. The first kappa shape index (κ1) is 22.0. The van der Waals surface area contributed by atoms with Crippen LogP contribution < -0.4 is 18.9 Å². The molecule has 2 bridgehead atoms. The van der Waals surface area contributed by atoms with Crippen molar-refractivity contribution in [2.75, 3.05) is 35.5 Å². The monoisotopic (exact) mass is 435 g/mol. The van der Waals surface area contributed by atoms with Gasteiger partial charge in [-0.3, -0.25) is 9.69 Å². The Kier molecular flexibility index (Phi) is 6.24. The van der Waals surface area contributed by atoms with Crippen LogP contribution >= 0.6 is 0 Å². The van der Waals surface area contributed by atoms with E-state index in [-0.39, 0.29) is 17.9 Å². The number of piperidine rings is 1. The molecule has 2 saturated heterocycles. The summed E-state index contributed by atoms with van der Waals surface area (Å²) < 4.78 is 21.8. The minimum absolute atomic E-state index is 0.0605. The van der Waals surface area contributed by atoms with Gasteiger partial charge < -0.3 is 18.9 Å². The number of ether oxygens (including phenoxy) is 4. The molecule has 0 N–H and O–H groups in total. The maximum atomic E-state index is 13.7. The molecule has 2 aromatic rings. The molecule has 2 aliphatic heterocycles. The van der Waals surface area contributed by atoms with E-state index in [1.807, 2.05) is 48.6 Å². The molecule has 0 unspecified atom stereocenters. The molecule has 0 aromatic heterocycles. The number of Topliss-reactive ketones (excluding diaryl/α,β-unsaturated/α-hetero) is 1. The van der Waals surface area contributed by atoms with Crippen LogP contribution in [0.25, 0.3) is 12.2 Å². The number of rotatable bonds is 6. The fourth-order valence-electron chi connectivity index (χ4n) is 4.72. The number of hydrogen-bond acceptors (Lipinski definition) is 6. The van der Waals surface area contributed by atoms with Crippen molar-refractivity contribution < 1.29 is 23.7 Å². The Morgan fingerprint density at radius 2 is 1.19 bits per heavy atom. The fourth-order valence-corrected chi connectivity index (χ4v) is 4.72. The van der Waals surface area contributed by atoms with Crippen LogP contribution in [0.2, 0.25) is 0 Å². The van der Waals surface area contributed by atoms with E-state index < -0.39 is 0 Å². The summed E-state index contributed by atoms with van der Waals surface area (Å²) in [5, 5.41) is 0. The second-order valence-corrected chi connectivity index (χ2v) is 8.02. The Morgan fingerprint density at radius 1 is 0.750 bits per heavy atom. The minimum Gasteiger partial charge on any atom is -0.497 e. The van der Waals surface area contributed by atoms with Crippen molar-refractivity contribution >= 4 is 17.9 Å². The minimum atomic E-state index is 0.0605. The van der Waals surface area contributed by atoms with Crippen molar-refractivity contribution in [2.24, 2.45) is 0 Å². The lowest BCUT2D eigenvalue weighted by atomic mass is 9.88. The number of carbonyl (C=O) groups is 1. The zero-order valence-corrected chi connectivity index (χ0v) is 19.2. The van der Waals surface area contributed by atoms with Gasteiger partial charge in [0.25, 0.3) is 0 Å². The molecule has 2 atom stereocenters.